The number of sulfone groups is 1. The molecule has 0 N–H and O–H groups in total. The zero-order chi connectivity index (χ0) is 16.4. The van der Waals surface area contributed by atoms with E-state index in [4.69, 9.17) is 4.52 Å². The summed E-state index contributed by atoms with van der Waals surface area (Å²) in [7, 11) is -3.26. The summed E-state index contributed by atoms with van der Waals surface area (Å²) in [5.74, 6) is 1.60. The quantitative estimate of drug-likeness (QED) is 0.854. The van der Waals surface area contributed by atoms with Crippen molar-refractivity contribution in [2.45, 2.75) is 50.3 Å². The van der Waals surface area contributed by atoms with Crippen LogP contribution in [0.2, 0.25) is 0 Å². The maximum atomic E-state index is 11.9. The van der Waals surface area contributed by atoms with Gasteiger partial charge in [0.1, 0.15) is 0 Å². The molecule has 1 heterocycles. The van der Waals surface area contributed by atoms with E-state index in [1.807, 2.05) is 6.07 Å². The summed E-state index contributed by atoms with van der Waals surface area (Å²) in [5.41, 5.74) is 1.88. The highest BCUT2D eigenvalue weighted by molar-refractivity contribution is 7.90. The lowest BCUT2D eigenvalue weighted by molar-refractivity contribution is 0.356. The van der Waals surface area contributed by atoms with Gasteiger partial charge in [-0.25, -0.2) is 8.42 Å². The standard InChI is InChI=1S/C17H22N2O3S/c1-12-18-17(19-22-12)16-11-15(23(2,20)21)9-8-14(16)10-13-6-4-3-5-7-13/h8-9,11,13H,3-7,10H2,1-2H3. The molecule has 0 aliphatic heterocycles. The van der Waals surface area contributed by atoms with E-state index < -0.39 is 9.84 Å². The number of aryl methyl sites for hydroxylation is 1. The summed E-state index contributed by atoms with van der Waals surface area (Å²) < 4.78 is 28.8. The van der Waals surface area contributed by atoms with Crippen molar-refractivity contribution < 1.29 is 12.9 Å². The van der Waals surface area contributed by atoms with E-state index in [1.54, 1.807) is 19.1 Å². The van der Waals surface area contributed by atoms with E-state index in [0.29, 0.717) is 22.5 Å². The van der Waals surface area contributed by atoms with E-state index >= 15 is 0 Å². The number of hydrogen-bond acceptors (Lipinski definition) is 5. The summed E-state index contributed by atoms with van der Waals surface area (Å²) in [6, 6.07) is 5.27. The van der Waals surface area contributed by atoms with Crippen molar-refractivity contribution in [1.82, 2.24) is 10.1 Å². The molecule has 6 heteroatoms. The molecule has 1 fully saturated rings. The predicted octanol–water partition coefficient (Wildman–Crippen LogP) is 3.57. The number of hydrogen-bond donors (Lipinski definition) is 0. The van der Waals surface area contributed by atoms with Crippen LogP contribution < -0.4 is 0 Å². The fourth-order valence-corrected chi connectivity index (χ4v) is 3.93. The first kappa shape index (κ1) is 16.2. The smallest absolute Gasteiger partial charge is 0.223 e. The molecule has 0 bridgehead atoms. The van der Waals surface area contributed by atoms with Crippen LogP contribution in [0.4, 0.5) is 0 Å². The highest BCUT2D eigenvalue weighted by Crippen LogP contribution is 2.31. The molecular formula is C17H22N2O3S. The first-order chi connectivity index (χ1) is 10.9. The van der Waals surface area contributed by atoms with E-state index in [2.05, 4.69) is 10.1 Å². The van der Waals surface area contributed by atoms with Gasteiger partial charge in [0.2, 0.25) is 11.7 Å². The topological polar surface area (TPSA) is 73.1 Å². The number of nitrogens with zero attached hydrogens (tertiary/aromatic N) is 2. The molecule has 2 aromatic rings. The van der Waals surface area contributed by atoms with Crippen LogP contribution in [-0.4, -0.2) is 24.8 Å². The van der Waals surface area contributed by atoms with Gasteiger partial charge in [0.05, 0.1) is 4.90 Å². The highest BCUT2D eigenvalue weighted by Gasteiger charge is 2.20. The van der Waals surface area contributed by atoms with Crippen molar-refractivity contribution in [3.8, 4) is 11.4 Å². The van der Waals surface area contributed by atoms with Crippen LogP contribution in [0.1, 0.15) is 43.6 Å². The largest absolute Gasteiger partial charge is 0.339 e. The Bertz CT molecular complexity index is 790. The van der Waals surface area contributed by atoms with E-state index in [9.17, 15) is 8.42 Å². The molecule has 1 aliphatic carbocycles. The Morgan fingerprint density at radius 1 is 1.22 bits per heavy atom. The van der Waals surface area contributed by atoms with Crippen LogP contribution in [0, 0.1) is 12.8 Å². The van der Waals surface area contributed by atoms with Crippen LogP contribution in [0.15, 0.2) is 27.6 Å². The second-order valence-corrected chi connectivity index (χ2v) is 8.45. The van der Waals surface area contributed by atoms with Crippen molar-refractivity contribution in [2.24, 2.45) is 5.92 Å². The fourth-order valence-electron chi connectivity index (χ4n) is 3.28. The Kier molecular flexibility index (Phi) is 4.53. The minimum absolute atomic E-state index is 0.294. The third-order valence-corrected chi connectivity index (χ3v) is 5.62. The lowest BCUT2D eigenvalue weighted by atomic mass is 9.84. The Labute approximate surface area is 137 Å². The summed E-state index contributed by atoms with van der Waals surface area (Å²) in [6.45, 7) is 1.73. The van der Waals surface area contributed by atoms with E-state index in [-0.39, 0.29) is 0 Å². The van der Waals surface area contributed by atoms with Crippen LogP contribution >= 0.6 is 0 Å². The van der Waals surface area contributed by atoms with Gasteiger partial charge < -0.3 is 4.52 Å². The van der Waals surface area contributed by atoms with Gasteiger partial charge in [0.15, 0.2) is 9.84 Å². The number of benzene rings is 1. The summed E-state index contributed by atoms with van der Waals surface area (Å²) in [4.78, 5) is 4.58. The van der Waals surface area contributed by atoms with Crippen molar-refractivity contribution in [2.75, 3.05) is 6.26 Å². The Balaban J connectivity index is 2.00. The summed E-state index contributed by atoms with van der Waals surface area (Å²) >= 11 is 0. The first-order valence-corrected chi connectivity index (χ1v) is 9.96. The van der Waals surface area contributed by atoms with Gasteiger partial charge in [-0.05, 0) is 30.0 Å². The second kappa shape index (κ2) is 6.43. The molecule has 0 amide bonds. The normalized spacial score (nSPS) is 16.6. The second-order valence-electron chi connectivity index (χ2n) is 6.44. The molecule has 0 atom stereocenters. The molecule has 3 rings (SSSR count). The molecule has 0 saturated heterocycles. The Morgan fingerprint density at radius 3 is 2.57 bits per heavy atom. The van der Waals surface area contributed by atoms with Gasteiger partial charge in [-0.2, -0.15) is 4.98 Å². The van der Waals surface area contributed by atoms with Crippen LogP contribution in [0.5, 0.6) is 0 Å². The van der Waals surface area contributed by atoms with E-state index in [0.717, 1.165) is 17.5 Å². The van der Waals surface area contributed by atoms with Gasteiger partial charge in [0.25, 0.3) is 0 Å². The molecule has 124 valence electrons. The molecule has 0 radical (unpaired) electrons. The number of rotatable bonds is 4. The Hall–Kier alpha value is -1.69. The molecule has 1 saturated carbocycles. The van der Waals surface area contributed by atoms with Gasteiger partial charge in [0, 0.05) is 18.7 Å². The lowest BCUT2D eigenvalue weighted by Gasteiger charge is -2.22. The third kappa shape index (κ3) is 3.80. The molecule has 5 nitrogen and oxygen atoms in total. The summed E-state index contributed by atoms with van der Waals surface area (Å²) in [5, 5.41) is 3.98. The minimum atomic E-state index is -3.26. The zero-order valence-corrected chi connectivity index (χ0v) is 14.4. The SMILES string of the molecule is Cc1nc(-c2cc(S(C)(=O)=O)ccc2CC2CCCCC2)no1. The van der Waals surface area contributed by atoms with Gasteiger partial charge in [-0.1, -0.05) is 43.3 Å². The third-order valence-electron chi connectivity index (χ3n) is 4.51. The molecule has 1 aliphatic rings. The predicted molar refractivity (Wildman–Crippen MR) is 87.9 cm³/mol. The van der Waals surface area contributed by atoms with Gasteiger partial charge in [-0.3, -0.25) is 0 Å². The zero-order valence-electron chi connectivity index (χ0n) is 13.6. The molecule has 0 unspecified atom stereocenters. The Morgan fingerprint density at radius 2 is 1.96 bits per heavy atom. The molecule has 1 aromatic heterocycles. The first-order valence-electron chi connectivity index (χ1n) is 8.07. The van der Waals surface area contributed by atoms with Crippen LogP contribution in [0.25, 0.3) is 11.4 Å². The molecule has 23 heavy (non-hydrogen) atoms. The van der Waals surface area contributed by atoms with Crippen LogP contribution in [-0.2, 0) is 16.3 Å². The van der Waals surface area contributed by atoms with Crippen LogP contribution in [0.3, 0.4) is 0 Å². The number of aromatic nitrogens is 2. The maximum Gasteiger partial charge on any atom is 0.223 e. The minimum Gasteiger partial charge on any atom is -0.339 e. The van der Waals surface area contributed by atoms with Gasteiger partial charge in [-0.15, -0.1) is 0 Å². The average molecular weight is 334 g/mol. The molecular weight excluding hydrogens is 312 g/mol. The fraction of sp³-hybridized carbons (Fsp3) is 0.529. The van der Waals surface area contributed by atoms with Crippen molar-refractivity contribution >= 4 is 9.84 Å². The maximum absolute atomic E-state index is 11.9. The van der Waals surface area contributed by atoms with Crippen molar-refractivity contribution in [3.63, 3.8) is 0 Å². The average Bonchev–Trinajstić information content (AvgIpc) is 2.94. The van der Waals surface area contributed by atoms with Crippen molar-refractivity contribution in [1.29, 1.82) is 0 Å². The highest BCUT2D eigenvalue weighted by atomic mass is 32.2. The van der Waals surface area contributed by atoms with Crippen molar-refractivity contribution in [3.05, 3.63) is 29.7 Å². The lowest BCUT2D eigenvalue weighted by Crippen LogP contribution is -2.10. The molecule has 0 spiro atoms. The molecule has 1 aromatic carbocycles. The summed E-state index contributed by atoms with van der Waals surface area (Å²) in [6.07, 6.45) is 8.50. The van der Waals surface area contributed by atoms with Gasteiger partial charge >= 0.3 is 0 Å². The van der Waals surface area contributed by atoms with E-state index in [1.165, 1.54) is 38.4 Å². The monoisotopic (exact) mass is 334 g/mol.